The normalized spacial score (nSPS) is 10.9. The van der Waals surface area contributed by atoms with Gasteiger partial charge in [-0.15, -0.1) is 0 Å². The van der Waals surface area contributed by atoms with E-state index < -0.39 is 0 Å². The first-order valence-electron chi connectivity index (χ1n) is 5.00. The fraction of sp³-hybridized carbons (Fsp3) is 0.231. The van der Waals surface area contributed by atoms with Gasteiger partial charge in [0.2, 0.25) is 0 Å². The summed E-state index contributed by atoms with van der Waals surface area (Å²) < 4.78 is 13.4. The van der Waals surface area contributed by atoms with E-state index >= 15 is 0 Å². The van der Waals surface area contributed by atoms with Crippen LogP contribution >= 0.6 is 11.3 Å². The van der Waals surface area contributed by atoms with Gasteiger partial charge in [-0.25, -0.2) is 4.39 Å². The van der Waals surface area contributed by atoms with Crippen molar-refractivity contribution in [3.8, 4) is 11.1 Å². The molecule has 0 aliphatic heterocycles. The van der Waals surface area contributed by atoms with Crippen LogP contribution in [0.2, 0.25) is 0 Å². The highest BCUT2D eigenvalue weighted by Crippen LogP contribution is 2.26. The van der Waals surface area contributed by atoms with Crippen molar-refractivity contribution in [2.24, 2.45) is 0 Å². The molecule has 0 N–H and O–H groups in total. The summed E-state index contributed by atoms with van der Waals surface area (Å²) in [7, 11) is 0. The highest BCUT2D eigenvalue weighted by Gasteiger charge is 2.06. The Morgan fingerprint density at radius 3 is 2.53 bits per heavy atom. The van der Waals surface area contributed by atoms with Gasteiger partial charge in [0, 0.05) is 0 Å². The molecule has 0 unspecified atom stereocenters. The highest BCUT2D eigenvalue weighted by atomic mass is 32.1. The van der Waals surface area contributed by atoms with Crippen LogP contribution < -0.4 is 0 Å². The lowest BCUT2D eigenvalue weighted by molar-refractivity contribution is 0.624. The Hall–Kier alpha value is -1.15. The first-order valence-corrected chi connectivity index (χ1v) is 5.94. The average Bonchev–Trinajstić information content (AvgIpc) is 2.69. The van der Waals surface area contributed by atoms with Gasteiger partial charge in [0.15, 0.2) is 0 Å². The summed E-state index contributed by atoms with van der Waals surface area (Å²) in [4.78, 5) is 0. The lowest BCUT2D eigenvalue weighted by Gasteiger charge is -2.07. The molecule has 0 radical (unpaired) electrons. The van der Waals surface area contributed by atoms with E-state index in [0.29, 0.717) is 5.92 Å². The van der Waals surface area contributed by atoms with Crippen molar-refractivity contribution in [1.29, 1.82) is 0 Å². The first-order chi connectivity index (χ1) is 7.16. The minimum Gasteiger partial charge on any atom is -0.207 e. The van der Waals surface area contributed by atoms with Crippen LogP contribution in [0.15, 0.2) is 35.0 Å². The lowest BCUT2D eigenvalue weighted by atomic mass is 9.98. The smallest absolute Gasteiger partial charge is 0.124 e. The van der Waals surface area contributed by atoms with Gasteiger partial charge in [-0.3, -0.25) is 0 Å². The monoisotopic (exact) mass is 220 g/mol. The van der Waals surface area contributed by atoms with Gasteiger partial charge in [0.25, 0.3) is 0 Å². The van der Waals surface area contributed by atoms with Crippen LogP contribution in [0, 0.1) is 5.82 Å². The Morgan fingerprint density at radius 1 is 1.13 bits per heavy atom. The quantitative estimate of drug-likeness (QED) is 0.689. The van der Waals surface area contributed by atoms with Gasteiger partial charge in [-0.1, -0.05) is 19.9 Å². The molecule has 0 bridgehead atoms. The van der Waals surface area contributed by atoms with Gasteiger partial charge < -0.3 is 0 Å². The largest absolute Gasteiger partial charge is 0.207 e. The standard InChI is InChI=1S/C13H13FS/c1-9(2)11-5-12(7-13(14)6-11)10-3-4-15-8-10/h3-9H,1-2H3. The van der Waals surface area contributed by atoms with Crippen molar-refractivity contribution in [3.05, 3.63) is 46.4 Å². The van der Waals surface area contributed by atoms with E-state index in [-0.39, 0.29) is 5.82 Å². The molecule has 0 aliphatic carbocycles. The number of rotatable bonds is 2. The lowest BCUT2D eigenvalue weighted by Crippen LogP contribution is -1.90. The molecule has 0 atom stereocenters. The number of hydrogen-bond donors (Lipinski definition) is 0. The van der Waals surface area contributed by atoms with Crippen molar-refractivity contribution in [1.82, 2.24) is 0 Å². The molecule has 1 heterocycles. The summed E-state index contributed by atoms with van der Waals surface area (Å²) in [5.41, 5.74) is 3.12. The third kappa shape index (κ3) is 2.26. The fourth-order valence-corrected chi connectivity index (χ4v) is 2.21. The molecule has 0 fully saturated rings. The molecular formula is C13H13FS. The van der Waals surface area contributed by atoms with E-state index in [4.69, 9.17) is 0 Å². The van der Waals surface area contributed by atoms with Crippen LogP contribution in [0.5, 0.6) is 0 Å². The van der Waals surface area contributed by atoms with Gasteiger partial charge in [0.05, 0.1) is 0 Å². The second kappa shape index (κ2) is 4.15. The molecule has 0 saturated carbocycles. The van der Waals surface area contributed by atoms with Crippen LogP contribution in [0.25, 0.3) is 11.1 Å². The summed E-state index contributed by atoms with van der Waals surface area (Å²) in [6, 6.07) is 7.29. The highest BCUT2D eigenvalue weighted by molar-refractivity contribution is 7.08. The summed E-state index contributed by atoms with van der Waals surface area (Å²) >= 11 is 1.63. The average molecular weight is 220 g/mol. The molecule has 1 aromatic heterocycles. The number of thiophene rings is 1. The SMILES string of the molecule is CC(C)c1cc(F)cc(-c2ccsc2)c1. The van der Waals surface area contributed by atoms with E-state index in [1.54, 1.807) is 23.5 Å². The van der Waals surface area contributed by atoms with E-state index in [9.17, 15) is 4.39 Å². The molecule has 2 rings (SSSR count). The predicted molar refractivity (Wildman–Crippen MR) is 63.8 cm³/mol. The number of benzene rings is 1. The maximum atomic E-state index is 13.4. The maximum Gasteiger partial charge on any atom is 0.124 e. The van der Waals surface area contributed by atoms with Crippen molar-refractivity contribution in [2.75, 3.05) is 0 Å². The Morgan fingerprint density at radius 2 is 1.93 bits per heavy atom. The molecule has 0 spiro atoms. The van der Waals surface area contributed by atoms with Crippen LogP contribution in [-0.4, -0.2) is 0 Å². The van der Waals surface area contributed by atoms with E-state index in [0.717, 1.165) is 16.7 Å². The second-order valence-electron chi connectivity index (χ2n) is 3.94. The zero-order valence-corrected chi connectivity index (χ0v) is 9.64. The summed E-state index contributed by atoms with van der Waals surface area (Å²) in [6.07, 6.45) is 0. The molecule has 0 saturated heterocycles. The summed E-state index contributed by atoms with van der Waals surface area (Å²) in [5.74, 6) is 0.209. The Kier molecular flexibility index (Phi) is 2.87. The van der Waals surface area contributed by atoms with Crippen molar-refractivity contribution in [3.63, 3.8) is 0 Å². The molecule has 0 aliphatic rings. The number of hydrogen-bond acceptors (Lipinski definition) is 1. The predicted octanol–water partition coefficient (Wildman–Crippen LogP) is 4.68. The van der Waals surface area contributed by atoms with E-state index in [1.165, 1.54) is 0 Å². The summed E-state index contributed by atoms with van der Waals surface area (Å²) in [6.45, 7) is 4.15. The minimum atomic E-state index is -0.151. The molecule has 2 heteroatoms. The molecular weight excluding hydrogens is 207 g/mol. The van der Waals surface area contributed by atoms with Gasteiger partial charge in [-0.05, 0) is 51.6 Å². The minimum absolute atomic E-state index is 0.151. The van der Waals surface area contributed by atoms with Crippen molar-refractivity contribution in [2.45, 2.75) is 19.8 Å². The molecule has 0 amide bonds. The fourth-order valence-electron chi connectivity index (χ4n) is 1.54. The molecule has 0 nitrogen and oxygen atoms in total. The maximum absolute atomic E-state index is 13.4. The molecule has 15 heavy (non-hydrogen) atoms. The third-order valence-corrected chi connectivity index (χ3v) is 3.12. The van der Waals surface area contributed by atoms with E-state index in [2.05, 4.69) is 19.9 Å². The van der Waals surface area contributed by atoms with Crippen LogP contribution in [0.4, 0.5) is 4.39 Å². The van der Waals surface area contributed by atoms with Crippen LogP contribution in [0.3, 0.4) is 0 Å². The second-order valence-corrected chi connectivity index (χ2v) is 4.72. The molecule has 78 valence electrons. The van der Waals surface area contributed by atoms with Gasteiger partial charge in [-0.2, -0.15) is 11.3 Å². The first kappa shape index (κ1) is 10.4. The third-order valence-electron chi connectivity index (χ3n) is 2.44. The number of halogens is 1. The van der Waals surface area contributed by atoms with E-state index in [1.807, 2.05) is 16.8 Å². The molecule has 2 aromatic rings. The zero-order valence-electron chi connectivity index (χ0n) is 8.83. The van der Waals surface area contributed by atoms with Crippen LogP contribution in [0.1, 0.15) is 25.3 Å². The van der Waals surface area contributed by atoms with Crippen LogP contribution in [-0.2, 0) is 0 Å². The zero-order chi connectivity index (χ0) is 10.8. The topological polar surface area (TPSA) is 0 Å². The molecule has 1 aromatic carbocycles. The van der Waals surface area contributed by atoms with Crippen molar-refractivity contribution >= 4 is 11.3 Å². The van der Waals surface area contributed by atoms with Gasteiger partial charge >= 0.3 is 0 Å². The Bertz CT molecular complexity index is 444. The van der Waals surface area contributed by atoms with Crippen molar-refractivity contribution < 1.29 is 4.39 Å². The van der Waals surface area contributed by atoms with Gasteiger partial charge in [0.1, 0.15) is 5.82 Å². The summed E-state index contributed by atoms with van der Waals surface area (Å²) in [5, 5.41) is 4.05. The Balaban J connectivity index is 2.49. The Labute approximate surface area is 93.4 Å².